The van der Waals surface area contributed by atoms with Crippen molar-refractivity contribution in [1.29, 1.82) is 5.26 Å². The molecule has 3 aromatic heterocycles. The normalized spacial score (nSPS) is 26.5. The second kappa shape index (κ2) is 10.3. The largest absolute Gasteiger partial charge is 0.491 e. The van der Waals surface area contributed by atoms with Gasteiger partial charge in [-0.2, -0.15) is 10.4 Å². The Morgan fingerprint density at radius 2 is 1.80 bits per heavy atom. The molecule has 6 fully saturated rings. The summed E-state index contributed by atoms with van der Waals surface area (Å²) < 4.78 is 8.01. The lowest BCUT2D eigenvalue weighted by Crippen LogP contribution is -2.69. The van der Waals surface area contributed by atoms with Crippen LogP contribution in [-0.2, 0) is 0 Å². The zero-order valence-corrected chi connectivity index (χ0v) is 23.8. The van der Waals surface area contributed by atoms with E-state index < -0.39 is 0 Å². The standard InChI is InChI=1S/C30H39N9O/c1-34(2)6-7-38-25-11-26(38)19-37(18-25)29-5-4-21(14-32-29)28-12-27(20-39-30(28)22(13-31)15-33-39)40-9-8-36-16-23-10-24(17-36)35(23)3/h4-5,12,14-15,20,23-26H,6-11,16-19H2,1-3H3. The van der Waals surface area contributed by atoms with Crippen molar-refractivity contribution in [2.24, 2.45) is 0 Å². The fourth-order valence-corrected chi connectivity index (χ4v) is 7.12. The molecule has 10 nitrogen and oxygen atoms in total. The highest BCUT2D eigenvalue weighted by molar-refractivity contribution is 5.85. The maximum absolute atomic E-state index is 9.76. The van der Waals surface area contributed by atoms with Gasteiger partial charge in [-0.1, -0.05) is 0 Å². The molecule has 3 aromatic rings. The first-order chi connectivity index (χ1) is 19.5. The highest BCUT2D eigenvalue weighted by Crippen LogP contribution is 2.35. The third-order valence-corrected chi connectivity index (χ3v) is 9.55. The van der Waals surface area contributed by atoms with Gasteiger partial charge < -0.3 is 14.5 Å². The number of fused-ring (bicyclic) bond motifs is 5. The molecule has 0 radical (unpaired) electrons. The van der Waals surface area contributed by atoms with Crippen LogP contribution in [0.5, 0.6) is 5.75 Å². The number of hydrogen-bond acceptors (Lipinski definition) is 9. The quantitative estimate of drug-likeness (QED) is 0.403. The molecule has 0 amide bonds. The van der Waals surface area contributed by atoms with Gasteiger partial charge in [0, 0.05) is 87.3 Å². The summed E-state index contributed by atoms with van der Waals surface area (Å²) in [5.41, 5.74) is 3.23. The summed E-state index contributed by atoms with van der Waals surface area (Å²) in [6.45, 7) is 8.08. The van der Waals surface area contributed by atoms with E-state index in [0.717, 1.165) is 74.0 Å². The summed E-state index contributed by atoms with van der Waals surface area (Å²) in [7, 11) is 6.52. The molecule has 6 saturated heterocycles. The number of nitrogens with zero attached hydrogens (tertiary/aromatic N) is 9. The molecule has 6 aliphatic rings. The van der Waals surface area contributed by atoms with Crippen molar-refractivity contribution in [1.82, 2.24) is 34.2 Å². The van der Waals surface area contributed by atoms with Crippen molar-refractivity contribution in [3.63, 3.8) is 0 Å². The lowest BCUT2D eigenvalue weighted by atomic mass is 9.87. The first-order valence-electron chi connectivity index (χ1n) is 14.6. The van der Waals surface area contributed by atoms with Gasteiger partial charge in [0.1, 0.15) is 24.2 Å². The van der Waals surface area contributed by atoms with Gasteiger partial charge in [0.2, 0.25) is 0 Å². The predicted octanol–water partition coefficient (Wildman–Crippen LogP) is 1.86. The van der Waals surface area contributed by atoms with Gasteiger partial charge in [0.25, 0.3) is 0 Å². The fraction of sp³-hybridized carbons (Fsp3) is 0.567. The van der Waals surface area contributed by atoms with Crippen molar-refractivity contribution in [2.75, 3.05) is 78.5 Å². The average Bonchev–Trinajstić information content (AvgIpc) is 3.40. The summed E-state index contributed by atoms with van der Waals surface area (Å²) in [6.07, 6.45) is 8.06. The van der Waals surface area contributed by atoms with Crippen LogP contribution < -0.4 is 9.64 Å². The van der Waals surface area contributed by atoms with E-state index in [4.69, 9.17) is 9.72 Å². The number of aromatic nitrogens is 3. The minimum atomic E-state index is 0.552. The molecule has 4 unspecified atom stereocenters. The number of likely N-dealkylation sites (N-methyl/N-ethyl adjacent to an activating group) is 2. The number of ether oxygens (including phenoxy) is 1. The van der Waals surface area contributed by atoms with E-state index >= 15 is 0 Å². The molecule has 4 atom stereocenters. The molecule has 10 heteroatoms. The Morgan fingerprint density at radius 3 is 2.48 bits per heavy atom. The Hall–Kier alpha value is -3.23. The van der Waals surface area contributed by atoms with Gasteiger partial charge in [0.15, 0.2) is 0 Å². The Labute approximate surface area is 236 Å². The summed E-state index contributed by atoms with van der Waals surface area (Å²) in [4.78, 5) is 17.2. The number of rotatable bonds is 9. The van der Waals surface area contributed by atoms with Crippen LogP contribution >= 0.6 is 0 Å². The first kappa shape index (κ1) is 25.7. The summed E-state index contributed by atoms with van der Waals surface area (Å²) in [5.74, 6) is 1.78. The van der Waals surface area contributed by atoms with Crippen molar-refractivity contribution in [3.05, 3.63) is 42.4 Å². The van der Waals surface area contributed by atoms with Crippen LogP contribution in [0.2, 0.25) is 0 Å². The lowest BCUT2D eigenvalue weighted by molar-refractivity contribution is -0.0529. The van der Waals surface area contributed by atoms with Crippen molar-refractivity contribution < 1.29 is 4.74 Å². The second-order valence-electron chi connectivity index (χ2n) is 12.3. The highest BCUT2D eigenvalue weighted by atomic mass is 16.5. The van der Waals surface area contributed by atoms with Crippen LogP contribution in [0.15, 0.2) is 36.8 Å². The smallest absolute Gasteiger partial charge is 0.138 e. The highest BCUT2D eigenvalue weighted by Gasteiger charge is 2.44. The summed E-state index contributed by atoms with van der Waals surface area (Å²) in [6, 6.07) is 11.2. The van der Waals surface area contributed by atoms with Gasteiger partial charge in [-0.15, -0.1) is 0 Å². The molecule has 0 aliphatic carbocycles. The minimum absolute atomic E-state index is 0.552. The van der Waals surface area contributed by atoms with Gasteiger partial charge in [-0.25, -0.2) is 9.50 Å². The fourth-order valence-electron chi connectivity index (χ4n) is 7.12. The third-order valence-electron chi connectivity index (χ3n) is 9.55. The van der Waals surface area contributed by atoms with Crippen LogP contribution in [0.1, 0.15) is 18.4 Å². The van der Waals surface area contributed by atoms with E-state index in [9.17, 15) is 5.26 Å². The van der Waals surface area contributed by atoms with Crippen molar-refractivity contribution >= 4 is 11.3 Å². The first-order valence-corrected chi connectivity index (χ1v) is 14.6. The van der Waals surface area contributed by atoms with E-state index in [1.54, 1.807) is 10.7 Å². The SMILES string of the molecule is CN(C)CCN1C2CC1CN(c1ccc(-c3cc(OCCN4CC5CC(C4)N5C)cn4ncc(C#N)c34)cn1)C2. The molecule has 0 aromatic carbocycles. The van der Waals surface area contributed by atoms with E-state index in [1.807, 2.05) is 18.5 Å². The molecule has 6 aliphatic heterocycles. The monoisotopic (exact) mass is 541 g/mol. The molecular weight excluding hydrogens is 502 g/mol. The van der Waals surface area contributed by atoms with E-state index in [-0.39, 0.29) is 0 Å². The zero-order chi connectivity index (χ0) is 27.4. The van der Waals surface area contributed by atoms with Gasteiger partial charge in [-0.3, -0.25) is 14.7 Å². The second-order valence-corrected chi connectivity index (χ2v) is 12.3. The lowest BCUT2D eigenvalue weighted by Gasteiger charge is -2.57. The predicted molar refractivity (Wildman–Crippen MR) is 155 cm³/mol. The maximum atomic E-state index is 9.76. The number of piperazine rings is 2. The summed E-state index contributed by atoms with van der Waals surface area (Å²) in [5, 5.41) is 14.2. The average molecular weight is 542 g/mol. The molecule has 210 valence electrons. The van der Waals surface area contributed by atoms with Crippen molar-refractivity contribution in [3.8, 4) is 22.9 Å². The Kier molecular flexibility index (Phi) is 6.63. The Bertz CT molecular complexity index is 1390. The Morgan fingerprint density at radius 1 is 1.02 bits per heavy atom. The van der Waals surface area contributed by atoms with Crippen molar-refractivity contribution in [2.45, 2.75) is 37.0 Å². The molecule has 40 heavy (non-hydrogen) atoms. The van der Waals surface area contributed by atoms with Crippen LogP contribution in [-0.4, -0.2) is 132 Å². The molecule has 0 N–H and O–H groups in total. The van der Waals surface area contributed by atoms with Gasteiger partial charge in [0.05, 0.1) is 23.5 Å². The number of nitriles is 1. The Balaban J connectivity index is 1.05. The van der Waals surface area contributed by atoms with Crippen LogP contribution in [0.4, 0.5) is 5.82 Å². The number of pyridine rings is 2. The number of piperidine rings is 2. The van der Waals surface area contributed by atoms with Gasteiger partial charge in [-0.05, 0) is 52.2 Å². The molecule has 0 spiro atoms. The third kappa shape index (κ3) is 4.61. The van der Waals surface area contributed by atoms with Crippen LogP contribution in [0.25, 0.3) is 16.6 Å². The molecule has 9 rings (SSSR count). The van der Waals surface area contributed by atoms with E-state index in [1.165, 1.54) is 12.8 Å². The molecule has 0 saturated carbocycles. The van der Waals surface area contributed by atoms with E-state index in [0.29, 0.717) is 36.3 Å². The van der Waals surface area contributed by atoms with Gasteiger partial charge >= 0.3 is 0 Å². The summed E-state index contributed by atoms with van der Waals surface area (Å²) >= 11 is 0. The zero-order valence-electron chi connectivity index (χ0n) is 23.8. The molecule has 4 bridgehead atoms. The number of anilines is 1. The molecular formula is C30H39N9O. The van der Waals surface area contributed by atoms with Crippen LogP contribution in [0, 0.1) is 11.3 Å². The van der Waals surface area contributed by atoms with E-state index in [2.05, 4.69) is 68.9 Å². The maximum Gasteiger partial charge on any atom is 0.138 e. The number of hydrogen-bond donors (Lipinski definition) is 0. The topological polar surface area (TPSA) is 79.4 Å². The van der Waals surface area contributed by atoms with Crippen LogP contribution in [0.3, 0.4) is 0 Å². The molecule has 9 heterocycles. The minimum Gasteiger partial charge on any atom is -0.491 e.